The van der Waals surface area contributed by atoms with Crippen LogP contribution in [0.3, 0.4) is 0 Å². The highest BCUT2D eigenvalue weighted by Gasteiger charge is 2.36. The number of hydrogen-bond acceptors (Lipinski definition) is 4. The Balaban J connectivity index is 1.60. The number of likely N-dealkylation sites (tertiary alicyclic amines) is 1. The van der Waals surface area contributed by atoms with Gasteiger partial charge in [0.15, 0.2) is 5.60 Å². The van der Waals surface area contributed by atoms with Crippen LogP contribution in [0.25, 0.3) is 0 Å². The number of ether oxygens (including phenoxy) is 1. The number of carbonyl (C=O) groups excluding carboxylic acids is 1. The van der Waals surface area contributed by atoms with Crippen LogP contribution in [0.15, 0.2) is 53.4 Å². The molecule has 0 aliphatic carbocycles. The van der Waals surface area contributed by atoms with E-state index in [4.69, 9.17) is 9.88 Å². The fraction of sp³-hybridized carbons (Fsp3) is 0.381. The zero-order valence-corrected chi connectivity index (χ0v) is 17.3. The van der Waals surface area contributed by atoms with E-state index >= 15 is 0 Å². The summed E-state index contributed by atoms with van der Waals surface area (Å²) in [6.45, 7) is 4.57. The lowest BCUT2D eigenvalue weighted by Crippen LogP contribution is -2.51. The molecule has 156 valence electrons. The second-order valence-corrected chi connectivity index (χ2v) is 9.31. The van der Waals surface area contributed by atoms with Crippen molar-refractivity contribution in [2.45, 2.75) is 43.1 Å². The summed E-state index contributed by atoms with van der Waals surface area (Å²) in [7, 11) is -3.70. The van der Waals surface area contributed by atoms with Crippen molar-refractivity contribution < 1.29 is 22.3 Å². The topological polar surface area (TPSA) is 89.7 Å². The molecule has 1 aliphatic heterocycles. The first-order chi connectivity index (χ1) is 13.6. The quantitative estimate of drug-likeness (QED) is 0.805. The molecule has 1 heterocycles. The smallest absolute Gasteiger partial charge is 0.266 e. The zero-order chi connectivity index (χ0) is 21.2. The van der Waals surface area contributed by atoms with Gasteiger partial charge in [-0.15, -0.1) is 0 Å². The number of carbonyl (C=O) groups is 1. The number of piperidine rings is 1. The van der Waals surface area contributed by atoms with Gasteiger partial charge in [-0.3, -0.25) is 4.79 Å². The molecule has 1 saturated heterocycles. The summed E-state index contributed by atoms with van der Waals surface area (Å²) in [5.74, 6) is 0.204. The summed E-state index contributed by atoms with van der Waals surface area (Å²) in [4.78, 5) is 14.8. The maximum Gasteiger partial charge on any atom is 0.266 e. The molecule has 2 aromatic rings. The van der Waals surface area contributed by atoms with Gasteiger partial charge in [-0.1, -0.05) is 12.1 Å². The Bertz CT molecular complexity index is 965. The van der Waals surface area contributed by atoms with Crippen molar-refractivity contribution in [3.63, 3.8) is 0 Å². The van der Waals surface area contributed by atoms with Crippen LogP contribution in [0.2, 0.25) is 0 Å². The van der Waals surface area contributed by atoms with Crippen LogP contribution in [0, 0.1) is 5.82 Å². The Morgan fingerprint density at radius 1 is 1.07 bits per heavy atom. The molecule has 0 saturated carbocycles. The van der Waals surface area contributed by atoms with Gasteiger partial charge in [0.2, 0.25) is 10.0 Å². The highest BCUT2D eigenvalue weighted by atomic mass is 32.2. The van der Waals surface area contributed by atoms with Crippen LogP contribution in [-0.4, -0.2) is 37.9 Å². The predicted molar refractivity (Wildman–Crippen MR) is 107 cm³/mol. The number of hydrogen-bond donors (Lipinski definition) is 1. The Hall–Kier alpha value is -2.45. The molecule has 29 heavy (non-hydrogen) atoms. The van der Waals surface area contributed by atoms with E-state index in [0.717, 1.165) is 18.4 Å². The van der Waals surface area contributed by atoms with E-state index in [2.05, 4.69) is 0 Å². The number of rotatable bonds is 5. The van der Waals surface area contributed by atoms with Gasteiger partial charge < -0.3 is 9.64 Å². The van der Waals surface area contributed by atoms with Crippen LogP contribution >= 0.6 is 0 Å². The van der Waals surface area contributed by atoms with E-state index in [0.29, 0.717) is 18.8 Å². The van der Waals surface area contributed by atoms with Gasteiger partial charge in [0.05, 0.1) is 4.90 Å². The average molecular weight is 421 g/mol. The van der Waals surface area contributed by atoms with E-state index in [1.807, 2.05) is 0 Å². The second kappa shape index (κ2) is 8.12. The fourth-order valence-corrected chi connectivity index (χ4v) is 4.08. The first kappa shape index (κ1) is 21.3. The highest BCUT2D eigenvalue weighted by Crippen LogP contribution is 2.30. The molecule has 2 aromatic carbocycles. The average Bonchev–Trinajstić information content (AvgIpc) is 2.68. The Labute approximate surface area is 170 Å². The van der Waals surface area contributed by atoms with Gasteiger partial charge in [-0.2, -0.15) is 0 Å². The normalized spacial score (nSPS) is 15.9. The molecule has 1 amide bonds. The highest BCUT2D eigenvalue weighted by molar-refractivity contribution is 7.89. The van der Waals surface area contributed by atoms with Crippen LogP contribution < -0.4 is 9.88 Å². The molecular weight excluding hydrogens is 395 g/mol. The van der Waals surface area contributed by atoms with Crippen LogP contribution in [0.4, 0.5) is 4.39 Å². The van der Waals surface area contributed by atoms with E-state index in [1.54, 1.807) is 30.9 Å². The summed E-state index contributed by atoms with van der Waals surface area (Å²) < 4.78 is 41.6. The Morgan fingerprint density at radius 2 is 1.62 bits per heavy atom. The summed E-state index contributed by atoms with van der Waals surface area (Å²) in [5.41, 5.74) is -0.0340. The van der Waals surface area contributed by atoms with E-state index < -0.39 is 15.6 Å². The number of primary sulfonamides is 1. The minimum Gasteiger partial charge on any atom is -0.478 e. The molecule has 0 atom stereocenters. The molecule has 0 spiro atoms. The van der Waals surface area contributed by atoms with Crippen LogP contribution in [0.5, 0.6) is 5.75 Å². The predicted octanol–water partition coefficient (Wildman–Crippen LogP) is 3.04. The van der Waals surface area contributed by atoms with Gasteiger partial charge in [-0.05, 0) is 74.6 Å². The second-order valence-electron chi connectivity index (χ2n) is 7.75. The largest absolute Gasteiger partial charge is 0.478 e. The SMILES string of the molecule is CC(C)(Oc1ccc(F)cc1)C(=O)N1CCC(c2ccc(S(N)(=O)=O)cc2)CC1. The number of nitrogens with zero attached hydrogens (tertiary/aromatic N) is 1. The number of nitrogens with two attached hydrogens (primary N) is 1. The van der Waals surface area contributed by atoms with Crippen molar-refractivity contribution in [3.05, 3.63) is 59.9 Å². The van der Waals surface area contributed by atoms with Crippen molar-refractivity contribution in [2.24, 2.45) is 5.14 Å². The van der Waals surface area contributed by atoms with Gasteiger partial charge in [0.1, 0.15) is 11.6 Å². The summed E-state index contributed by atoms with van der Waals surface area (Å²) >= 11 is 0. The lowest BCUT2D eigenvalue weighted by atomic mass is 9.89. The minimum absolute atomic E-state index is 0.0913. The monoisotopic (exact) mass is 420 g/mol. The number of halogens is 1. The van der Waals surface area contributed by atoms with Gasteiger partial charge in [0, 0.05) is 13.1 Å². The lowest BCUT2D eigenvalue weighted by molar-refractivity contribution is -0.146. The van der Waals surface area contributed by atoms with Gasteiger partial charge in [-0.25, -0.2) is 17.9 Å². The van der Waals surface area contributed by atoms with E-state index in [9.17, 15) is 17.6 Å². The third-order valence-electron chi connectivity index (χ3n) is 5.16. The fourth-order valence-electron chi connectivity index (χ4n) is 3.57. The molecule has 3 rings (SSSR count). The molecule has 2 N–H and O–H groups in total. The third-order valence-corrected chi connectivity index (χ3v) is 6.09. The lowest BCUT2D eigenvalue weighted by Gasteiger charge is -2.37. The first-order valence-electron chi connectivity index (χ1n) is 9.43. The third kappa shape index (κ3) is 5.13. The van der Waals surface area contributed by atoms with Crippen molar-refractivity contribution in [2.75, 3.05) is 13.1 Å². The van der Waals surface area contributed by atoms with E-state index in [-0.39, 0.29) is 22.5 Å². The summed E-state index contributed by atoms with van der Waals surface area (Å²) in [5, 5.41) is 5.14. The molecule has 1 fully saturated rings. The number of benzene rings is 2. The first-order valence-corrected chi connectivity index (χ1v) is 11.0. The minimum atomic E-state index is -3.70. The molecule has 1 aliphatic rings. The maximum absolute atomic E-state index is 13.1. The van der Waals surface area contributed by atoms with E-state index in [1.165, 1.54) is 36.4 Å². The van der Waals surface area contributed by atoms with Gasteiger partial charge >= 0.3 is 0 Å². The standard InChI is InChI=1S/C21H25FN2O4S/c1-21(2,28-18-7-5-17(22)6-8-18)20(25)24-13-11-16(12-14-24)15-3-9-19(10-4-15)29(23,26)27/h3-10,16H,11-14H2,1-2H3,(H2,23,26,27). The zero-order valence-electron chi connectivity index (χ0n) is 16.5. The summed E-state index contributed by atoms with van der Waals surface area (Å²) in [6, 6.07) is 12.2. The number of amides is 1. The number of sulfonamides is 1. The molecule has 8 heteroatoms. The molecule has 6 nitrogen and oxygen atoms in total. The molecule has 0 bridgehead atoms. The molecule has 0 radical (unpaired) electrons. The Kier molecular flexibility index (Phi) is 5.95. The molecular formula is C21H25FN2O4S. The van der Waals surface area contributed by atoms with Crippen LogP contribution in [0.1, 0.15) is 38.2 Å². The van der Waals surface area contributed by atoms with Crippen molar-refractivity contribution in [1.82, 2.24) is 4.90 Å². The molecule has 0 unspecified atom stereocenters. The maximum atomic E-state index is 13.1. The van der Waals surface area contributed by atoms with Crippen molar-refractivity contribution in [1.29, 1.82) is 0 Å². The van der Waals surface area contributed by atoms with Gasteiger partial charge in [0.25, 0.3) is 5.91 Å². The summed E-state index contributed by atoms with van der Waals surface area (Å²) in [6.07, 6.45) is 1.54. The van der Waals surface area contributed by atoms with Crippen molar-refractivity contribution in [3.8, 4) is 5.75 Å². The Morgan fingerprint density at radius 3 is 2.14 bits per heavy atom. The van der Waals surface area contributed by atoms with Crippen molar-refractivity contribution >= 4 is 15.9 Å². The molecule has 0 aromatic heterocycles. The van der Waals surface area contributed by atoms with Crippen LogP contribution in [-0.2, 0) is 14.8 Å².